The van der Waals surface area contributed by atoms with Gasteiger partial charge in [-0.3, -0.25) is 9.59 Å². The fourth-order valence-corrected chi connectivity index (χ4v) is 7.47. The number of rotatable bonds is 10. The number of ether oxygens (including phenoxy) is 3. The molecule has 0 N–H and O–H groups in total. The molecule has 0 amide bonds. The predicted molar refractivity (Wildman–Crippen MR) is 155 cm³/mol. The van der Waals surface area contributed by atoms with Crippen molar-refractivity contribution >= 4 is 51.1 Å². The Labute approximate surface area is 250 Å². The van der Waals surface area contributed by atoms with E-state index in [4.69, 9.17) is 30.0 Å². The molecule has 0 spiro atoms. The number of carbonyl (C=O) groups is 2. The van der Waals surface area contributed by atoms with Crippen molar-refractivity contribution in [2.24, 2.45) is 0 Å². The summed E-state index contributed by atoms with van der Waals surface area (Å²) in [6.07, 6.45) is -4.86. The van der Waals surface area contributed by atoms with Crippen LogP contribution in [0, 0.1) is 6.92 Å². The van der Waals surface area contributed by atoms with Gasteiger partial charge in [0.2, 0.25) is 6.29 Å². The third-order valence-electron chi connectivity index (χ3n) is 6.96. The van der Waals surface area contributed by atoms with E-state index in [2.05, 4.69) is 18.7 Å². The van der Waals surface area contributed by atoms with Crippen molar-refractivity contribution in [3.63, 3.8) is 0 Å². The SMILES string of the molecule is CCN(CC)CCN1c2cc(Cl)ccc2S[C@H]2[C@@H](OC(C)=O)[C@@H](OC(C)=O)[C@@H](OS(=O)(=O)c3ccc(C)cc3)O[C@H]21. The Morgan fingerprint density at radius 3 is 2.27 bits per heavy atom. The summed E-state index contributed by atoms with van der Waals surface area (Å²) in [6, 6.07) is 11.6. The second-order valence-corrected chi connectivity index (χ2v) is 13.0. The van der Waals surface area contributed by atoms with E-state index in [0.717, 1.165) is 29.2 Å². The van der Waals surface area contributed by atoms with Crippen LogP contribution in [-0.4, -0.2) is 81.4 Å². The highest BCUT2D eigenvalue weighted by Crippen LogP contribution is 2.48. The van der Waals surface area contributed by atoms with Gasteiger partial charge >= 0.3 is 11.9 Å². The van der Waals surface area contributed by atoms with Crippen LogP contribution in [0.1, 0.15) is 33.3 Å². The molecule has 0 aromatic heterocycles. The van der Waals surface area contributed by atoms with E-state index in [9.17, 15) is 18.0 Å². The summed E-state index contributed by atoms with van der Waals surface area (Å²) in [7, 11) is -4.36. The molecule has 2 aromatic carbocycles. The summed E-state index contributed by atoms with van der Waals surface area (Å²) in [5.41, 5.74) is 1.66. The first kappa shape index (κ1) is 31.6. The van der Waals surface area contributed by atoms with Crippen molar-refractivity contribution in [3.8, 4) is 0 Å². The van der Waals surface area contributed by atoms with Gasteiger partial charge in [-0.05, 0) is 50.3 Å². The number of likely N-dealkylation sites (N-methyl/N-ethyl adjacent to an activating group) is 1. The summed E-state index contributed by atoms with van der Waals surface area (Å²) in [5.74, 6) is -1.33. The molecule has 0 bridgehead atoms. The van der Waals surface area contributed by atoms with Crippen LogP contribution in [0.3, 0.4) is 0 Å². The largest absolute Gasteiger partial charge is 0.457 e. The minimum absolute atomic E-state index is 0.0898. The molecule has 0 aliphatic carbocycles. The first-order valence-corrected chi connectivity index (χ1v) is 16.0. The topological polar surface area (TPSA) is 112 Å². The highest BCUT2D eigenvalue weighted by atomic mass is 35.5. The quantitative estimate of drug-likeness (QED) is 0.279. The van der Waals surface area contributed by atoms with Gasteiger partial charge < -0.3 is 24.0 Å². The van der Waals surface area contributed by atoms with E-state index in [1.807, 2.05) is 24.0 Å². The molecule has 5 atom stereocenters. The Morgan fingerprint density at radius 1 is 1.02 bits per heavy atom. The number of aryl methyl sites for hydroxylation is 1. The highest BCUT2D eigenvalue weighted by Gasteiger charge is 2.55. The number of halogens is 1. The van der Waals surface area contributed by atoms with E-state index in [0.29, 0.717) is 18.1 Å². The molecular formula is C28H35ClN2O8S2. The summed E-state index contributed by atoms with van der Waals surface area (Å²) < 4.78 is 50.0. The molecule has 0 saturated carbocycles. The molecular weight excluding hydrogens is 592 g/mol. The predicted octanol–water partition coefficient (Wildman–Crippen LogP) is 4.22. The molecule has 2 aliphatic heterocycles. The van der Waals surface area contributed by atoms with Gasteiger partial charge in [0, 0.05) is 36.9 Å². The Kier molecular flexibility index (Phi) is 10.2. The van der Waals surface area contributed by atoms with Crippen LogP contribution >= 0.6 is 23.4 Å². The summed E-state index contributed by atoms with van der Waals surface area (Å²) >= 11 is 7.77. The average molecular weight is 627 g/mol. The molecule has 224 valence electrons. The lowest BCUT2D eigenvalue weighted by molar-refractivity contribution is -0.245. The zero-order chi connectivity index (χ0) is 29.9. The first-order chi connectivity index (χ1) is 19.4. The van der Waals surface area contributed by atoms with Crippen LogP contribution < -0.4 is 4.90 Å². The fourth-order valence-electron chi connectivity index (χ4n) is 4.91. The maximum Gasteiger partial charge on any atom is 0.303 e. The number of fused-ring (bicyclic) bond motifs is 2. The van der Waals surface area contributed by atoms with Gasteiger partial charge in [0.15, 0.2) is 12.2 Å². The molecule has 10 nitrogen and oxygen atoms in total. The van der Waals surface area contributed by atoms with Crippen LogP contribution in [0.5, 0.6) is 0 Å². The molecule has 0 radical (unpaired) electrons. The van der Waals surface area contributed by atoms with Gasteiger partial charge in [-0.25, -0.2) is 4.18 Å². The van der Waals surface area contributed by atoms with E-state index >= 15 is 0 Å². The summed E-state index contributed by atoms with van der Waals surface area (Å²) in [5, 5.41) is -0.0638. The molecule has 13 heteroatoms. The van der Waals surface area contributed by atoms with E-state index in [1.54, 1.807) is 18.2 Å². The van der Waals surface area contributed by atoms with Gasteiger partial charge in [0.1, 0.15) is 6.23 Å². The molecule has 4 rings (SSSR count). The molecule has 2 aromatic rings. The van der Waals surface area contributed by atoms with Gasteiger partial charge in [0.05, 0.1) is 15.8 Å². The number of nitrogens with zero attached hydrogens (tertiary/aromatic N) is 2. The maximum absolute atomic E-state index is 13.4. The van der Waals surface area contributed by atoms with Gasteiger partial charge in [-0.15, -0.1) is 11.8 Å². The molecule has 0 unspecified atom stereocenters. The normalized spacial score (nSPS) is 24.0. The molecule has 2 heterocycles. The summed E-state index contributed by atoms with van der Waals surface area (Å²) in [4.78, 5) is 29.5. The van der Waals surface area contributed by atoms with Crippen LogP contribution in [0.4, 0.5) is 5.69 Å². The van der Waals surface area contributed by atoms with E-state index < -0.39 is 52.0 Å². The van der Waals surface area contributed by atoms with Crippen LogP contribution in [0.25, 0.3) is 0 Å². The number of anilines is 1. The number of thioether (sulfide) groups is 1. The Bertz CT molecular complexity index is 1350. The standard InChI is InChI=1S/C28H35ClN2O8S2/c1-6-30(7-2)14-15-31-22-16-20(29)10-13-23(22)40-26-24(36-18(4)32)25(37-19(5)33)28(38-27(26)31)39-41(34,35)21-11-8-17(3)9-12-21/h8-13,16,24-28H,6-7,14-15H2,1-5H3/t24-,25+,26-,27+,28+/m0/s1. The van der Waals surface area contributed by atoms with Gasteiger partial charge in [-0.2, -0.15) is 8.42 Å². The summed E-state index contributed by atoms with van der Waals surface area (Å²) in [6.45, 7) is 11.2. The monoisotopic (exact) mass is 626 g/mol. The van der Waals surface area contributed by atoms with Crippen molar-refractivity contribution in [2.75, 3.05) is 31.1 Å². The molecule has 41 heavy (non-hydrogen) atoms. The average Bonchev–Trinajstić information content (AvgIpc) is 2.90. The van der Waals surface area contributed by atoms with Crippen LogP contribution in [0.2, 0.25) is 5.02 Å². The van der Waals surface area contributed by atoms with Crippen molar-refractivity contribution in [1.82, 2.24) is 4.90 Å². The van der Waals surface area contributed by atoms with Crippen LogP contribution in [0.15, 0.2) is 52.3 Å². The fraction of sp³-hybridized carbons (Fsp3) is 0.500. The van der Waals surface area contributed by atoms with Crippen molar-refractivity contribution < 1.29 is 36.4 Å². The van der Waals surface area contributed by atoms with Crippen LogP contribution in [-0.2, 0) is 38.1 Å². The first-order valence-electron chi connectivity index (χ1n) is 13.4. The van der Waals surface area contributed by atoms with Crippen molar-refractivity contribution in [1.29, 1.82) is 0 Å². The number of benzene rings is 2. The Balaban J connectivity index is 1.78. The molecule has 2 aliphatic rings. The minimum Gasteiger partial charge on any atom is -0.457 e. The van der Waals surface area contributed by atoms with Crippen molar-refractivity contribution in [3.05, 3.63) is 53.1 Å². The lowest BCUT2D eigenvalue weighted by Crippen LogP contribution is -2.65. The smallest absolute Gasteiger partial charge is 0.303 e. The Hall–Kier alpha value is -2.35. The third kappa shape index (κ3) is 7.36. The Morgan fingerprint density at radius 2 is 1.66 bits per heavy atom. The number of hydrogen-bond acceptors (Lipinski definition) is 11. The zero-order valence-corrected chi connectivity index (χ0v) is 26.0. The van der Waals surface area contributed by atoms with Gasteiger partial charge in [0.25, 0.3) is 10.1 Å². The lowest BCUT2D eigenvalue weighted by atomic mass is 10.0. The van der Waals surface area contributed by atoms with E-state index in [-0.39, 0.29) is 4.90 Å². The number of hydrogen-bond donors (Lipinski definition) is 0. The van der Waals surface area contributed by atoms with Crippen molar-refractivity contribution in [2.45, 2.75) is 74.4 Å². The zero-order valence-electron chi connectivity index (χ0n) is 23.6. The highest BCUT2D eigenvalue weighted by molar-refractivity contribution is 8.00. The van der Waals surface area contributed by atoms with E-state index in [1.165, 1.54) is 37.7 Å². The molecule has 1 saturated heterocycles. The second kappa shape index (κ2) is 13.3. The van der Waals surface area contributed by atoms with Gasteiger partial charge in [-0.1, -0.05) is 43.1 Å². The molecule has 1 fully saturated rings. The second-order valence-electron chi connectivity index (χ2n) is 9.82. The lowest BCUT2D eigenvalue weighted by Gasteiger charge is -2.51. The number of esters is 2. The minimum atomic E-state index is -4.36. The number of carbonyl (C=O) groups excluding carboxylic acids is 2. The maximum atomic E-state index is 13.4. The third-order valence-corrected chi connectivity index (χ3v) is 9.86.